The third-order valence-corrected chi connectivity index (χ3v) is 3.27. The van der Waals surface area contributed by atoms with E-state index in [1.807, 2.05) is 46.1 Å². The molecule has 0 bridgehead atoms. The summed E-state index contributed by atoms with van der Waals surface area (Å²) in [6, 6.07) is 5.98. The van der Waals surface area contributed by atoms with Crippen LogP contribution in [0, 0.1) is 5.41 Å². The fraction of sp³-hybridized carbons (Fsp3) is 0.333. The number of rotatable bonds is 5. The third kappa shape index (κ3) is 3.22. The molecule has 0 aliphatic heterocycles. The van der Waals surface area contributed by atoms with Crippen LogP contribution >= 0.6 is 0 Å². The normalized spacial score (nSPS) is 12.8. The Morgan fingerprint density at radius 3 is 2.42 bits per heavy atom. The summed E-state index contributed by atoms with van der Waals surface area (Å²) in [5, 5.41) is 13.7. The Bertz CT molecular complexity index is 527. The number of aliphatic imine (C=N–C) groups is 1. The molecular formula is C15H22N4. The molecule has 0 saturated heterocycles. The Labute approximate surface area is 115 Å². The van der Waals surface area contributed by atoms with Crippen molar-refractivity contribution in [2.45, 2.75) is 13.8 Å². The number of nitrogens with one attached hydrogen (secondary N) is 3. The standard InChI is InChI=1S/C15H22N4/c1-10(11(2)17-3)15(19-5)12-6-7-14(18-4)13(8-12)9-16/h6-9,16-18H,1-5H3/b11-10+,16-9?,19-15+. The highest BCUT2D eigenvalue weighted by Crippen LogP contribution is 2.19. The van der Waals surface area contributed by atoms with E-state index in [1.54, 1.807) is 7.05 Å². The van der Waals surface area contributed by atoms with Crippen LogP contribution in [0.4, 0.5) is 5.69 Å². The molecule has 4 nitrogen and oxygen atoms in total. The molecule has 0 spiro atoms. The van der Waals surface area contributed by atoms with Crippen molar-refractivity contribution < 1.29 is 0 Å². The fourth-order valence-electron chi connectivity index (χ4n) is 1.94. The molecule has 0 amide bonds. The minimum Gasteiger partial charge on any atom is -0.391 e. The number of hydrogen-bond donors (Lipinski definition) is 3. The Balaban J connectivity index is 3.32. The predicted molar refractivity (Wildman–Crippen MR) is 83.8 cm³/mol. The van der Waals surface area contributed by atoms with Crippen LogP contribution in [-0.2, 0) is 0 Å². The van der Waals surface area contributed by atoms with E-state index >= 15 is 0 Å². The van der Waals surface area contributed by atoms with Gasteiger partial charge in [-0.15, -0.1) is 0 Å². The molecule has 0 heterocycles. The summed E-state index contributed by atoms with van der Waals surface area (Å²) in [7, 11) is 5.55. The molecule has 4 heteroatoms. The van der Waals surface area contributed by atoms with Gasteiger partial charge in [-0.2, -0.15) is 0 Å². The second kappa shape index (κ2) is 6.73. The second-order valence-electron chi connectivity index (χ2n) is 4.27. The molecule has 0 saturated carbocycles. The maximum Gasteiger partial charge on any atom is 0.0689 e. The summed E-state index contributed by atoms with van der Waals surface area (Å²) >= 11 is 0. The Morgan fingerprint density at radius 1 is 1.26 bits per heavy atom. The van der Waals surface area contributed by atoms with Gasteiger partial charge in [0.05, 0.1) is 5.71 Å². The van der Waals surface area contributed by atoms with E-state index in [4.69, 9.17) is 5.41 Å². The van der Waals surface area contributed by atoms with Gasteiger partial charge >= 0.3 is 0 Å². The summed E-state index contributed by atoms with van der Waals surface area (Å²) in [5.74, 6) is 0. The van der Waals surface area contributed by atoms with Gasteiger partial charge in [-0.25, -0.2) is 0 Å². The van der Waals surface area contributed by atoms with Crippen LogP contribution in [0.15, 0.2) is 34.5 Å². The minimum atomic E-state index is 0.857. The quantitative estimate of drug-likeness (QED) is 0.711. The fourth-order valence-corrected chi connectivity index (χ4v) is 1.94. The van der Waals surface area contributed by atoms with E-state index in [1.165, 1.54) is 6.21 Å². The molecule has 102 valence electrons. The molecule has 1 aromatic rings. The lowest BCUT2D eigenvalue weighted by Crippen LogP contribution is -2.12. The van der Waals surface area contributed by atoms with Gasteiger partial charge in [0.2, 0.25) is 0 Å². The molecule has 1 aromatic carbocycles. The first-order chi connectivity index (χ1) is 9.08. The van der Waals surface area contributed by atoms with Gasteiger partial charge in [-0.1, -0.05) is 6.07 Å². The molecule has 1 rings (SSSR count). The highest BCUT2D eigenvalue weighted by Gasteiger charge is 2.09. The SMILES string of the molecule is C/N=C(\C(C)=C(/C)NC)c1ccc(NC)c(C=N)c1. The predicted octanol–water partition coefficient (Wildman–Crippen LogP) is 2.66. The van der Waals surface area contributed by atoms with Crippen molar-refractivity contribution >= 4 is 17.6 Å². The summed E-state index contributed by atoms with van der Waals surface area (Å²) in [6.45, 7) is 4.07. The Hall–Kier alpha value is -2.10. The van der Waals surface area contributed by atoms with Crippen molar-refractivity contribution in [1.29, 1.82) is 5.41 Å². The van der Waals surface area contributed by atoms with Gasteiger partial charge in [0.15, 0.2) is 0 Å². The van der Waals surface area contributed by atoms with Crippen molar-refractivity contribution in [3.8, 4) is 0 Å². The lowest BCUT2D eigenvalue weighted by atomic mass is 9.99. The van der Waals surface area contributed by atoms with E-state index < -0.39 is 0 Å². The molecule has 0 unspecified atom stereocenters. The molecule has 3 N–H and O–H groups in total. The smallest absolute Gasteiger partial charge is 0.0689 e. The summed E-state index contributed by atoms with van der Waals surface area (Å²) in [5.41, 5.74) is 5.97. The summed E-state index contributed by atoms with van der Waals surface area (Å²) < 4.78 is 0. The van der Waals surface area contributed by atoms with Crippen LogP contribution in [0.2, 0.25) is 0 Å². The molecule has 0 aliphatic carbocycles. The molecule has 0 aromatic heterocycles. The van der Waals surface area contributed by atoms with Crippen molar-refractivity contribution in [2.24, 2.45) is 4.99 Å². The zero-order chi connectivity index (χ0) is 14.4. The Kier molecular flexibility index (Phi) is 5.30. The third-order valence-electron chi connectivity index (χ3n) is 3.27. The second-order valence-corrected chi connectivity index (χ2v) is 4.27. The van der Waals surface area contributed by atoms with E-state index in [9.17, 15) is 0 Å². The van der Waals surface area contributed by atoms with E-state index in [0.29, 0.717) is 0 Å². The van der Waals surface area contributed by atoms with Gasteiger partial charge in [-0.05, 0) is 31.6 Å². The number of allylic oxidation sites excluding steroid dienone is 2. The molecule has 0 fully saturated rings. The number of nitrogens with zero attached hydrogens (tertiary/aromatic N) is 1. The van der Waals surface area contributed by atoms with E-state index in [-0.39, 0.29) is 0 Å². The monoisotopic (exact) mass is 258 g/mol. The van der Waals surface area contributed by atoms with Crippen LogP contribution in [0.1, 0.15) is 25.0 Å². The van der Waals surface area contributed by atoms with Crippen molar-refractivity contribution in [1.82, 2.24) is 5.32 Å². The highest BCUT2D eigenvalue weighted by atomic mass is 14.8. The van der Waals surface area contributed by atoms with E-state index in [0.717, 1.165) is 33.8 Å². The van der Waals surface area contributed by atoms with Crippen LogP contribution in [0.25, 0.3) is 0 Å². The highest BCUT2D eigenvalue weighted by molar-refractivity contribution is 6.13. The molecule has 19 heavy (non-hydrogen) atoms. The zero-order valence-electron chi connectivity index (χ0n) is 12.3. The summed E-state index contributed by atoms with van der Waals surface area (Å²) in [6.07, 6.45) is 1.35. The molecule has 0 atom stereocenters. The van der Waals surface area contributed by atoms with Gasteiger partial charge in [-0.3, -0.25) is 4.99 Å². The first-order valence-electron chi connectivity index (χ1n) is 6.24. The largest absolute Gasteiger partial charge is 0.391 e. The molecule has 0 aliphatic rings. The number of hydrogen-bond acceptors (Lipinski definition) is 4. The van der Waals surface area contributed by atoms with Gasteiger partial charge in [0, 0.05) is 49.9 Å². The Morgan fingerprint density at radius 2 is 1.95 bits per heavy atom. The first-order valence-corrected chi connectivity index (χ1v) is 6.24. The maximum atomic E-state index is 7.48. The van der Waals surface area contributed by atoms with Crippen LogP contribution in [-0.4, -0.2) is 33.1 Å². The molecular weight excluding hydrogens is 236 g/mol. The first kappa shape index (κ1) is 15.0. The van der Waals surface area contributed by atoms with Gasteiger partial charge in [0.1, 0.15) is 0 Å². The lowest BCUT2D eigenvalue weighted by Gasteiger charge is -2.13. The van der Waals surface area contributed by atoms with E-state index in [2.05, 4.69) is 15.6 Å². The number of benzene rings is 1. The average Bonchev–Trinajstić information content (AvgIpc) is 2.46. The zero-order valence-corrected chi connectivity index (χ0v) is 12.3. The molecule has 0 radical (unpaired) electrons. The minimum absolute atomic E-state index is 0.857. The van der Waals surface area contributed by atoms with Crippen LogP contribution in [0.3, 0.4) is 0 Å². The summed E-state index contributed by atoms with van der Waals surface area (Å²) in [4.78, 5) is 4.38. The topological polar surface area (TPSA) is 60.3 Å². The number of anilines is 1. The van der Waals surface area contributed by atoms with Crippen molar-refractivity contribution in [2.75, 3.05) is 26.5 Å². The van der Waals surface area contributed by atoms with Gasteiger partial charge in [0.25, 0.3) is 0 Å². The average molecular weight is 258 g/mol. The van der Waals surface area contributed by atoms with Crippen LogP contribution in [0.5, 0.6) is 0 Å². The maximum absolute atomic E-state index is 7.48. The van der Waals surface area contributed by atoms with Crippen molar-refractivity contribution in [3.05, 3.63) is 40.6 Å². The van der Waals surface area contributed by atoms with Crippen LogP contribution < -0.4 is 10.6 Å². The lowest BCUT2D eigenvalue weighted by molar-refractivity contribution is 0.973. The van der Waals surface area contributed by atoms with Gasteiger partial charge < -0.3 is 16.0 Å². The van der Waals surface area contributed by atoms with Crippen molar-refractivity contribution in [3.63, 3.8) is 0 Å².